The number of rotatable bonds is 6. The zero-order valence-corrected chi connectivity index (χ0v) is 14.5. The van der Waals surface area contributed by atoms with Gasteiger partial charge in [-0.05, 0) is 36.3 Å². The Bertz CT molecular complexity index is 612. The number of benzene rings is 1. The summed E-state index contributed by atoms with van der Waals surface area (Å²) in [6, 6.07) is 11.1. The summed E-state index contributed by atoms with van der Waals surface area (Å²) in [6.45, 7) is 2.12. The summed E-state index contributed by atoms with van der Waals surface area (Å²) < 4.78 is 5.07. The summed E-state index contributed by atoms with van der Waals surface area (Å²) in [5, 5.41) is 9.60. The van der Waals surface area contributed by atoms with E-state index in [1.54, 1.807) is 7.11 Å². The highest BCUT2D eigenvalue weighted by atomic mass is 16.5. The van der Waals surface area contributed by atoms with Crippen LogP contribution in [0, 0.1) is 17.2 Å². The van der Waals surface area contributed by atoms with Crippen LogP contribution in [0.5, 0.6) is 0 Å². The van der Waals surface area contributed by atoms with Crippen LogP contribution in [0.2, 0.25) is 0 Å². The third-order valence-electron chi connectivity index (χ3n) is 5.56. The zero-order valence-electron chi connectivity index (χ0n) is 14.5. The zero-order chi connectivity index (χ0) is 17.0. The lowest BCUT2D eigenvalue weighted by Gasteiger charge is -2.21. The molecule has 1 aromatic rings. The van der Waals surface area contributed by atoms with Gasteiger partial charge in [0.2, 0.25) is 5.91 Å². The van der Waals surface area contributed by atoms with Gasteiger partial charge in [-0.1, -0.05) is 37.1 Å². The fourth-order valence-corrected chi connectivity index (χ4v) is 4.15. The molecule has 2 fully saturated rings. The van der Waals surface area contributed by atoms with Gasteiger partial charge >= 0.3 is 0 Å². The van der Waals surface area contributed by atoms with Crippen molar-refractivity contribution in [3.05, 3.63) is 35.4 Å². The molecule has 128 valence electrons. The number of amides is 1. The van der Waals surface area contributed by atoms with Gasteiger partial charge < -0.3 is 9.64 Å². The van der Waals surface area contributed by atoms with E-state index in [1.165, 1.54) is 5.56 Å². The van der Waals surface area contributed by atoms with Gasteiger partial charge in [0.25, 0.3) is 0 Å². The second-order valence-corrected chi connectivity index (χ2v) is 7.20. The van der Waals surface area contributed by atoms with Crippen LogP contribution >= 0.6 is 0 Å². The number of methoxy groups -OCH3 is 1. The van der Waals surface area contributed by atoms with Crippen molar-refractivity contribution in [1.82, 2.24) is 4.90 Å². The predicted octanol–water partition coefficient (Wildman–Crippen LogP) is 3.06. The molecule has 0 radical (unpaired) electrons. The second kappa shape index (κ2) is 7.36. The lowest BCUT2D eigenvalue weighted by molar-refractivity contribution is -0.128. The number of carbonyl (C=O) groups is 1. The summed E-state index contributed by atoms with van der Waals surface area (Å²) in [4.78, 5) is 13.9. The molecule has 0 N–H and O–H groups in total. The number of carbonyl (C=O) groups excluding carboxylic acids is 1. The van der Waals surface area contributed by atoms with E-state index >= 15 is 0 Å². The predicted molar refractivity (Wildman–Crippen MR) is 92.5 cm³/mol. The van der Waals surface area contributed by atoms with Gasteiger partial charge in [0, 0.05) is 26.6 Å². The topological polar surface area (TPSA) is 53.3 Å². The van der Waals surface area contributed by atoms with Gasteiger partial charge in [0.05, 0.1) is 18.1 Å². The Balaban J connectivity index is 1.61. The lowest BCUT2D eigenvalue weighted by atomic mass is 9.80. The first-order valence-corrected chi connectivity index (χ1v) is 8.94. The van der Waals surface area contributed by atoms with Crippen molar-refractivity contribution in [2.75, 3.05) is 26.8 Å². The Morgan fingerprint density at radius 3 is 2.62 bits per heavy atom. The van der Waals surface area contributed by atoms with Crippen molar-refractivity contribution in [1.29, 1.82) is 5.26 Å². The van der Waals surface area contributed by atoms with E-state index in [0.29, 0.717) is 25.5 Å². The van der Waals surface area contributed by atoms with E-state index < -0.39 is 0 Å². The van der Waals surface area contributed by atoms with Crippen molar-refractivity contribution in [3.63, 3.8) is 0 Å². The quantitative estimate of drug-likeness (QED) is 0.807. The van der Waals surface area contributed by atoms with Gasteiger partial charge in [-0.2, -0.15) is 5.26 Å². The highest BCUT2D eigenvalue weighted by molar-refractivity contribution is 5.78. The summed E-state index contributed by atoms with van der Waals surface area (Å²) >= 11 is 0. The fraction of sp³-hybridized carbons (Fsp3) is 0.600. The number of ether oxygens (including phenoxy) is 1. The van der Waals surface area contributed by atoms with Crippen molar-refractivity contribution < 1.29 is 9.53 Å². The van der Waals surface area contributed by atoms with Crippen molar-refractivity contribution in [2.45, 2.75) is 43.9 Å². The summed E-state index contributed by atoms with van der Waals surface area (Å²) in [6.07, 6.45) is 5.82. The molecular formula is C20H26N2O2. The monoisotopic (exact) mass is 326 g/mol. The standard InChI is InChI=1S/C20H26N2O2/c1-24-11-10-22-14-17(13-19(22)23)12-16-4-6-18(7-5-16)20(15-21)8-2-3-9-20/h4-7,17H,2-3,8-14H2,1H3. The largest absolute Gasteiger partial charge is 0.383 e. The maximum absolute atomic E-state index is 12.0. The normalized spacial score (nSPS) is 22.8. The first kappa shape index (κ1) is 17.0. The van der Waals surface area contributed by atoms with Crippen LogP contribution in [-0.4, -0.2) is 37.6 Å². The number of hydrogen-bond acceptors (Lipinski definition) is 3. The van der Waals surface area contributed by atoms with E-state index in [4.69, 9.17) is 4.74 Å². The third kappa shape index (κ3) is 3.47. The first-order chi connectivity index (χ1) is 11.7. The molecule has 1 atom stereocenters. The molecule has 3 rings (SSSR count). The molecule has 1 heterocycles. The van der Waals surface area contributed by atoms with Crippen LogP contribution in [-0.2, 0) is 21.4 Å². The van der Waals surface area contributed by atoms with E-state index in [1.807, 2.05) is 4.90 Å². The fourth-order valence-electron chi connectivity index (χ4n) is 4.15. The van der Waals surface area contributed by atoms with Crippen molar-refractivity contribution in [2.24, 2.45) is 5.92 Å². The molecule has 2 aliphatic rings. The Morgan fingerprint density at radius 2 is 2.00 bits per heavy atom. The molecule has 1 saturated carbocycles. The minimum absolute atomic E-state index is 0.239. The second-order valence-electron chi connectivity index (χ2n) is 7.20. The highest BCUT2D eigenvalue weighted by Gasteiger charge is 2.35. The molecule has 0 bridgehead atoms. The Kier molecular flexibility index (Phi) is 5.20. The minimum Gasteiger partial charge on any atom is -0.383 e. The van der Waals surface area contributed by atoms with Gasteiger partial charge in [-0.3, -0.25) is 4.79 Å². The van der Waals surface area contributed by atoms with Crippen LogP contribution in [0.4, 0.5) is 0 Å². The Labute approximate surface area is 144 Å². The van der Waals surface area contributed by atoms with E-state index in [9.17, 15) is 10.1 Å². The number of hydrogen-bond donors (Lipinski definition) is 0. The molecular weight excluding hydrogens is 300 g/mol. The molecule has 1 saturated heterocycles. The molecule has 24 heavy (non-hydrogen) atoms. The molecule has 4 nitrogen and oxygen atoms in total. The van der Waals surface area contributed by atoms with Crippen molar-refractivity contribution in [3.8, 4) is 6.07 Å². The molecule has 4 heteroatoms. The molecule has 0 spiro atoms. The molecule has 1 amide bonds. The maximum atomic E-state index is 12.0. The number of likely N-dealkylation sites (tertiary alicyclic amines) is 1. The van der Waals surface area contributed by atoms with Crippen LogP contribution in [0.3, 0.4) is 0 Å². The van der Waals surface area contributed by atoms with Gasteiger partial charge in [0.1, 0.15) is 0 Å². The number of nitrogens with zero attached hydrogens (tertiary/aromatic N) is 2. The Morgan fingerprint density at radius 1 is 1.29 bits per heavy atom. The first-order valence-electron chi connectivity index (χ1n) is 8.94. The molecule has 1 unspecified atom stereocenters. The van der Waals surface area contributed by atoms with E-state index in [-0.39, 0.29) is 11.3 Å². The third-order valence-corrected chi connectivity index (χ3v) is 5.56. The van der Waals surface area contributed by atoms with Crippen LogP contribution in [0.1, 0.15) is 43.2 Å². The van der Waals surface area contributed by atoms with Crippen molar-refractivity contribution >= 4 is 5.91 Å². The van der Waals surface area contributed by atoms with Gasteiger partial charge in [-0.25, -0.2) is 0 Å². The summed E-state index contributed by atoms with van der Waals surface area (Å²) in [5.41, 5.74) is 2.16. The maximum Gasteiger partial charge on any atom is 0.223 e. The van der Waals surface area contributed by atoms with Gasteiger partial charge in [-0.15, -0.1) is 0 Å². The van der Waals surface area contributed by atoms with E-state index in [0.717, 1.165) is 44.2 Å². The highest BCUT2D eigenvalue weighted by Crippen LogP contribution is 2.40. The minimum atomic E-state index is -0.265. The smallest absolute Gasteiger partial charge is 0.223 e. The summed E-state index contributed by atoms with van der Waals surface area (Å²) in [7, 11) is 1.66. The van der Waals surface area contributed by atoms with Crippen LogP contribution in [0.15, 0.2) is 24.3 Å². The number of nitriles is 1. The molecule has 1 aliphatic heterocycles. The van der Waals surface area contributed by atoms with Crippen LogP contribution < -0.4 is 0 Å². The lowest BCUT2D eigenvalue weighted by Crippen LogP contribution is -2.28. The van der Waals surface area contributed by atoms with Crippen LogP contribution in [0.25, 0.3) is 0 Å². The molecule has 1 aromatic carbocycles. The Hall–Kier alpha value is -1.86. The summed E-state index contributed by atoms with van der Waals surface area (Å²) in [5.74, 6) is 0.625. The molecule has 1 aliphatic carbocycles. The van der Waals surface area contributed by atoms with Gasteiger partial charge in [0.15, 0.2) is 0 Å². The molecule has 0 aromatic heterocycles. The van der Waals surface area contributed by atoms with E-state index in [2.05, 4.69) is 30.3 Å². The average Bonchev–Trinajstić information content (AvgIpc) is 3.21. The average molecular weight is 326 g/mol. The SMILES string of the molecule is COCCN1CC(Cc2ccc(C3(C#N)CCCC3)cc2)CC1=O.